The topological polar surface area (TPSA) is 34.7 Å². The van der Waals surface area contributed by atoms with Crippen LogP contribution in [0, 0.1) is 0 Å². The minimum atomic E-state index is 0.403. The van der Waals surface area contributed by atoms with Gasteiger partial charge in [0.15, 0.2) is 0 Å². The van der Waals surface area contributed by atoms with Crippen LogP contribution in [-0.4, -0.2) is 6.72 Å². The van der Waals surface area contributed by atoms with Crippen molar-refractivity contribution in [3.05, 3.63) is 36.1 Å². The first-order valence-electron chi connectivity index (χ1n) is 3.95. The average molecular weight is 175 g/mol. The Morgan fingerprint density at radius 2 is 2.31 bits per heavy atom. The van der Waals surface area contributed by atoms with E-state index in [1.54, 1.807) is 6.26 Å². The monoisotopic (exact) mass is 175 g/mol. The van der Waals surface area contributed by atoms with Crippen molar-refractivity contribution in [3.8, 4) is 11.3 Å². The van der Waals surface area contributed by atoms with Crippen LogP contribution in [0.25, 0.3) is 11.3 Å². The highest BCUT2D eigenvalue weighted by molar-refractivity contribution is 5.64. The first-order valence-corrected chi connectivity index (χ1v) is 3.95. The van der Waals surface area contributed by atoms with Gasteiger partial charge in [0.1, 0.15) is 12.4 Å². The molecule has 0 fully saturated rings. The highest BCUT2D eigenvalue weighted by atomic mass is 16.6. The van der Waals surface area contributed by atoms with Gasteiger partial charge in [-0.2, -0.15) is 0 Å². The van der Waals surface area contributed by atoms with Crippen molar-refractivity contribution in [2.45, 2.75) is 6.61 Å². The number of oxime groups is 1. The lowest BCUT2D eigenvalue weighted by Crippen LogP contribution is -1.85. The van der Waals surface area contributed by atoms with E-state index in [-0.39, 0.29) is 0 Å². The third-order valence-corrected chi connectivity index (χ3v) is 1.87. The van der Waals surface area contributed by atoms with Gasteiger partial charge in [-0.15, -0.1) is 5.16 Å². The second-order valence-electron chi connectivity index (χ2n) is 2.66. The standard InChI is InChI=1S/C10H9NO2/c1-11-13-7-9-5-4-8-3-2-6-12-10(8)9/h2-6H,1,7H2. The van der Waals surface area contributed by atoms with E-state index in [1.807, 2.05) is 24.3 Å². The van der Waals surface area contributed by atoms with Crippen LogP contribution in [-0.2, 0) is 11.4 Å². The van der Waals surface area contributed by atoms with E-state index in [4.69, 9.17) is 9.25 Å². The van der Waals surface area contributed by atoms with E-state index in [2.05, 4.69) is 11.9 Å². The van der Waals surface area contributed by atoms with Gasteiger partial charge in [-0.1, -0.05) is 12.1 Å². The van der Waals surface area contributed by atoms with E-state index in [0.29, 0.717) is 6.61 Å². The molecule has 0 aromatic carbocycles. The molecule has 1 aliphatic heterocycles. The molecule has 2 rings (SSSR count). The molecule has 0 amide bonds. The molecular weight excluding hydrogens is 166 g/mol. The summed E-state index contributed by atoms with van der Waals surface area (Å²) in [5.41, 5.74) is 2.06. The van der Waals surface area contributed by atoms with Gasteiger partial charge in [-0.25, -0.2) is 0 Å². The van der Waals surface area contributed by atoms with Crippen LogP contribution < -0.4 is 0 Å². The lowest BCUT2D eigenvalue weighted by atomic mass is 10.2. The third kappa shape index (κ3) is 1.40. The molecular formula is C10H9NO2. The summed E-state index contributed by atoms with van der Waals surface area (Å²) in [6, 6.07) is 7.79. The molecule has 0 aromatic rings. The Bertz CT molecular complexity index is 381. The summed E-state index contributed by atoms with van der Waals surface area (Å²) in [4.78, 5) is 4.84. The van der Waals surface area contributed by atoms with Gasteiger partial charge in [-0.3, -0.25) is 0 Å². The zero-order valence-corrected chi connectivity index (χ0v) is 7.06. The molecule has 3 heteroatoms. The number of rotatable bonds is 3. The lowest BCUT2D eigenvalue weighted by Gasteiger charge is -2.00. The predicted octanol–water partition coefficient (Wildman–Crippen LogP) is 2.52. The SMILES string of the molecule is C=NOCc1ccc2cccoc1-2. The van der Waals surface area contributed by atoms with Crippen molar-refractivity contribution in [3.63, 3.8) is 0 Å². The number of nitrogens with zero attached hydrogens (tertiary/aromatic N) is 1. The summed E-state index contributed by atoms with van der Waals surface area (Å²) < 4.78 is 5.34. The molecule has 0 radical (unpaired) electrons. The van der Waals surface area contributed by atoms with Crippen LogP contribution in [0.3, 0.4) is 0 Å². The summed E-state index contributed by atoms with van der Waals surface area (Å²) >= 11 is 0. The summed E-state index contributed by atoms with van der Waals surface area (Å²) in [5, 5.41) is 3.33. The van der Waals surface area contributed by atoms with Crippen molar-refractivity contribution in [1.82, 2.24) is 0 Å². The quantitative estimate of drug-likeness (QED) is 0.530. The van der Waals surface area contributed by atoms with Gasteiger partial charge in [-0.05, 0) is 12.1 Å². The Labute approximate surface area is 76.0 Å². The zero-order chi connectivity index (χ0) is 9.10. The fourth-order valence-corrected chi connectivity index (χ4v) is 1.28. The Kier molecular flexibility index (Phi) is 2.00. The predicted molar refractivity (Wildman–Crippen MR) is 49.7 cm³/mol. The van der Waals surface area contributed by atoms with Crippen LogP contribution in [0.1, 0.15) is 5.56 Å². The molecule has 1 aliphatic carbocycles. The van der Waals surface area contributed by atoms with Crippen LogP contribution in [0.2, 0.25) is 0 Å². The highest BCUT2D eigenvalue weighted by Crippen LogP contribution is 2.27. The highest BCUT2D eigenvalue weighted by Gasteiger charge is 2.10. The maximum Gasteiger partial charge on any atom is 0.145 e. The molecule has 0 N–H and O–H groups in total. The summed E-state index contributed by atoms with van der Waals surface area (Å²) in [6.07, 6.45) is 1.65. The van der Waals surface area contributed by atoms with E-state index >= 15 is 0 Å². The molecule has 0 saturated carbocycles. The van der Waals surface area contributed by atoms with E-state index in [9.17, 15) is 0 Å². The van der Waals surface area contributed by atoms with Gasteiger partial charge in [0.05, 0.1) is 6.26 Å². The fraction of sp³-hybridized carbons (Fsp3) is 0.100. The van der Waals surface area contributed by atoms with Crippen molar-refractivity contribution < 1.29 is 9.25 Å². The second kappa shape index (κ2) is 3.31. The molecule has 0 aromatic heterocycles. The largest absolute Gasteiger partial charge is 0.464 e. The van der Waals surface area contributed by atoms with Gasteiger partial charge in [0.2, 0.25) is 0 Å². The van der Waals surface area contributed by atoms with Crippen LogP contribution in [0.15, 0.2) is 40.1 Å². The van der Waals surface area contributed by atoms with E-state index in [0.717, 1.165) is 16.9 Å². The maximum absolute atomic E-state index is 5.34. The summed E-state index contributed by atoms with van der Waals surface area (Å²) in [5.74, 6) is 0.853. The molecule has 0 spiro atoms. The normalized spacial score (nSPS) is 10.2. The second-order valence-corrected chi connectivity index (χ2v) is 2.66. The fourth-order valence-electron chi connectivity index (χ4n) is 1.28. The average Bonchev–Trinajstić information content (AvgIpc) is 2.58. The Hall–Kier alpha value is -1.77. The van der Waals surface area contributed by atoms with Gasteiger partial charge in [0, 0.05) is 17.8 Å². The molecule has 13 heavy (non-hydrogen) atoms. The van der Waals surface area contributed by atoms with E-state index < -0.39 is 0 Å². The number of hydrogen-bond acceptors (Lipinski definition) is 3. The molecule has 1 heterocycles. The zero-order valence-electron chi connectivity index (χ0n) is 7.06. The summed E-state index contributed by atoms with van der Waals surface area (Å²) in [6.45, 7) is 3.64. The first-order chi connectivity index (χ1) is 6.42. The number of fused-ring (bicyclic) bond motifs is 1. The Balaban J connectivity index is 2.32. The maximum atomic E-state index is 5.34. The van der Waals surface area contributed by atoms with Gasteiger partial charge < -0.3 is 9.25 Å². The van der Waals surface area contributed by atoms with E-state index in [1.165, 1.54) is 0 Å². The third-order valence-electron chi connectivity index (χ3n) is 1.87. The minimum Gasteiger partial charge on any atom is -0.464 e. The number of hydrogen-bond donors (Lipinski definition) is 0. The van der Waals surface area contributed by atoms with Crippen molar-refractivity contribution >= 4 is 6.72 Å². The van der Waals surface area contributed by atoms with Crippen molar-refractivity contribution in [2.24, 2.45) is 5.16 Å². The van der Waals surface area contributed by atoms with Crippen LogP contribution in [0.4, 0.5) is 0 Å². The molecule has 0 bridgehead atoms. The Morgan fingerprint density at radius 3 is 3.15 bits per heavy atom. The smallest absolute Gasteiger partial charge is 0.145 e. The molecule has 0 unspecified atom stereocenters. The molecule has 0 atom stereocenters. The van der Waals surface area contributed by atoms with Crippen LogP contribution in [0.5, 0.6) is 0 Å². The van der Waals surface area contributed by atoms with Crippen molar-refractivity contribution in [2.75, 3.05) is 0 Å². The first kappa shape index (κ1) is 7.86. The summed E-state index contributed by atoms with van der Waals surface area (Å²) in [7, 11) is 0. The van der Waals surface area contributed by atoms with Gasteiger partial charge >= 0.3 is 0 Å². The van der Waals surface area contributed by atoms with Crippen LogP contribution >= 0.6 is 0 Å². The minimum absolute atomic E-state index is 0.403. The van der Waals surface area contributed by atoms with Gasteiger partial charge in [0.25, 0.3) is 0 Å². The Morgan fingerprint density at radius 1 is 1.38 bits per heavy atom. The molecule has 66 valence electrons. The molecule has 2 aliphatic rings. The molecule has 3 nitrogen and oxygen atoms in total. The molecule has 0 saturated heterocycles. The lowest BCUT2D eigenvalue weighted by molar-refractivity contribution is 0.132. The van der Waals surface area contributed by atoms with Crippen molar-refractivity contribution in [1.29, 1.82) is 0 Å².